The predicted octanol–water partition coefficient (Wildman–Crippen LogP) is 1.41. The lowest BCUT2D eigenvalue weighted by Crippen LogP contribution is -2.46. The van der Waals surface area contributed by atoms with Crippen LogP contribution in [0.4, 0.5) is 0 Å². The van der Waals surface area contributed by atoms with E-state index in [9.17, 15) is 9.90 Å². The zero-order chi connectivity index (χ0) is 13.7. The Labute approximate surface area is 116 Å². The number of aliphatic carboxylic acids is 1. The average molecular weight is 285 g/mol. The fourth-order valence-corrected chi connectivity index (χ4v) is 3.13. The van der Waals surface area contributed by atoms with Crippen LogP contribution in [-0.4, -0.2) is 50.2 Å². The molecule has 1 fully saturated rings. The quantitative estimate of drug-likeness (QED) is 0.846. The highest BCUT2D eigenvalue weighted by Gasteiger charge is 2.29. The standard InChI is InChI=1S/C12H19N3O3S/c1-2-3-4-10-13-11(18-14-10)7-15-5-6-19-8-9(15)12(16)17/h9H,2-8H2,1H3,(H,16,17). The van der Waals surface area contributed by atoms with E-state index in [0.29, 0.717) is 18.2 Å². The number of thioether (sulfide) groups is 1. The van der Waals surface area contributed by atoms with Crippen LogP contribution in [0.25, 0.3) is 0 Å². The Morgan fingerprint density at radius 3 is 3.21 bits per heavy atom. The van der Waals surface area contributed by atoms with Crippen molar-refractivity contribution < 1.29 is 14.4 Å². The van der Waals surface area contributed by atoms with Crippen molar-refractivity contribution in [3.8, 4) is 0 Å². The molecule has 106 valence electrons. The summed E-state index contributed by atoms with van der Waals surface area (Å²) in [6.45, 7) is 3.29. The van der Waals surface area contributed by atoms with Gasteiger partial charge in [0, 0.05) is 24.5 Å². The van der Waals surface area contributed by atoms with E-state index in [4.69, 9.17) is 4.52 Å². The molecule has 1 N–H and O–H groups in total. The third-order valence-corrected chi connectivity index (χ3v) is 4.15. The van der Waals surface area contributed by atoms with E-state index in [1.165, 1.54) is 0 Å². The van der Waals surface area contributed by atoms with Gasteiger partial charge in [-0.25, -0.2) is 0 Å². The molecule has 1 aromatic rings. The lowest BCUT2D eigenvalue weighted by atomic mass is 10.2. The number of carbonyl (C=O) groups is 1. The molecule has 0 spiro atoms. The van der Waals surface area contributed by atoms with Gasteiger partial charge in [0.15, 0.2) is 5.82 Å². The number of carboxylic acids is 1. The van der Waals surface area contributed by atoms with Gasteiger partial charge in [0.05, 0.1) is 6.54 Å². The fraction of sp³-hybridized carbons (Fsp3) is 0.750. The Balaban J connectivity index is 1.94. The van der Waals surface area contributed by atoms with Crippen LogP contribution in [0.3, 0.4) is 0 Å². The van der Waals surface area contributed by atoms with Gasteiger partial charge in [-0.05, 0) is 6.42 Å². The number of carboxylic acid groups (broad SMARTS) is 1. The first-order chi connectivity index (χ1) is 9.20. The Morgan fingerprint density at radius 1 is 1.63 bits per heavy atom. The summed E-state index contributed by atoms with van der Waals surface area (Å²) in [4.78, 5) is 17.4. The Hall–Kier alpha value is -1.08. The Morgan fingerprint density at radius 2 is 2.47 bits per heavy atom. The first-order valence-corrected chi connectivity index (χ1v) is 7.72. The number of aryl methyl sites for hydroxylation is 1. The van der Waals surface area contributed by atoms with Gasteiger partial charge in [0.25, 0.3) is 0 Å². The van der Waals surface area contributed by atoms with Crippen molar-refractivity contribution in [2.75, 3.05) is 18.1 Å². The SMILES string of the molecule is CCCCc1noc(CN2CCSCC2C(=O)O)n1. The minimum Gasteiger partial charge on any atom is -0.480 e. The van der Waals surface area contributed by atoms with Gasteiger partial charge in [0.1, 0.15) is 6.04 Å². The first kappa shape index (κ1) is 14.3. The normalized spacial score (nSPS) is 20.6. The number of rotatable bonds is 6. The molecule has 0 aliphatic carbocycles. The van der Waals surface area contributed by atoms with Gasteiger partial charge >= 0.3 is 5.97 Å². The van der Waals surface area contributed by atoms with Gasteiger partial charge in [-0.3, -0.25) is 9.69 Å². The summed E-state index contributed by atoms with van der Waals surface area (Å²) in [5.74, 6) is 2.02. The second-order valence-electron chi connectivity index (χ2n) is 4.61. The highest BCUT2D eigenvalue weighted by atomic mass is 32.2. The van der Waals surface area contributed by atoms with E-state index >= 15 is 0 Å². The molecule has 0 aromatic carbocycles. The molecule has 0 saturated carbocycles. The van der Waals surface area contributed by atoms with Crippen molar-refractivity contribution in [1.29, 1.82) is 0 Å². The number of hydrogen-bond acceptors (Lipinski definition) is 6. The molecule has 1 saturated heterocycles. The Bertz CT molecular complexity index is 424. The van der Waals surface area contributed by atoms with E-state index in [2.05, 4.69) is 17.1 Å². The molecule has 0 radical (unpaired) electrons. The molecule has 7 heteroatoms. The molecule has 1 aliphatic rings. The van der Waals surface area contributed by atoms with Crippen LogP contribution < -0.4 is 0 Å². The topological polar surface area (TPSA) is 79.5 Å². The van der Waals surface area contributed by atoms with Crippen molar-refractivity contribution >= 4 is 17.7 Å². The first-order valence-electron chi connectivity index (χ1n) is 6.56. The van der Waals surface area contributed by atoms with Gasteiger partial charge in [-0.1, -0.05) is 18.5 Å². The largest absolute Gasteiger partial charge is 0.480 e. The third kappa shape index (κ3) is 3.94. The third-order valence-electron chi connectivity index (χ3n) is 3.13. The van der Waals surface area contributed by atoms with E-state index in [-0.39, 0.29) is 0 Å². The van der Waals surface area contributed by atoms with Crippen LogP contribution in [0.15, 0.2) is 4.52 Å². The zero-order valence-electron chi connectivity index (χ0n) is 11.0. The van der Waals surface area contributed by atoms with Crippen molar-refractivity contribution in [2.45, 2.75) is 38.8 Å². The zero-order valence-corrected chi connectivity index (χ0v) is 11.9. The summed E-state index contributed by atoms with van der Waals surface area (Å²) in [5, 5.41) is 13.1. The average Bonchev–Trinajstić information content (AvgIpc) is 2.84. The minimum absolute atomic E-state index is 0.427. The summed E-state index contributed by atoms with van der Waals surface area (Å²) >= 11 is 1.67. The van der Waals surface area contributed by atoms with E-state index < -0.39 is 12.0 Å². The highest BCUT2D eigenvalue weighted by molar-refractivity contribution is 7.99. The fourth-order valence-electron chi connectivity index (χ4n) is 2.02. The second kappa shape index (κ2) is 6.91. The maximum atomic E-state index is 11.2. The molecule has 19 heavy (non-hydrogen) atoms. The smallest absolute Gasteiger partial charge is 0.321 e. The lowest BCUT2D eigenvalue weighted by molar-refractivity contribution is -0.142. The monoisotopic (exact) mass is 285 g/mol. The molecular weight excluding hydrogens is 266 g/mol. The number of unbranched alkanes of at least 4 members (excludes halogenated alkanes) is 1. The lowest BCUT2D eigenvalue weighted by Gasteiger charge is -2.31. The molecule has 1 unspecified atom stereocenters. The number of aromatic nitrogens is 2. The summed E-state index contributed by atoms with van der Waals surface area (Å²) in [6.07, 6.45) is 2.95. The van der Waals surface area contributed by atoms with Crippen molar-refractivity contribution in [3.63, 3.8) is 0 Å². The maximum absolute atomic E-state index is 11.2. The molecule has 1 aliphatic heterocycles. The summed E-state index contributed by atoms with van der Waals surface area (Å²) in [6, 6.07) is -0.454. The van der Waals surface area contributed by atoms with E-state index in [1.807, 2.05) is 4.90 Å². The van der Waals surface area contributed by atoms with Crippen LogP contribution >= 0.6 is 11.8 Å². The van der Waals surface area contributed by atoms with Crippen LogP contribution in [0.1, 0.15) is 31.5 Å². The van der Waals surface area contributed by atoms with Crippen LogP contribution in [0.2, 0.25) is 0 Å². The van der Waals surface area contributed by atoms with Gasteiger partial charge < -0.3 is 9.63 Å². The molecule has 0 amide bonds. The van der Waals surface area contributed by atoms with Gasteiger partial charge in [0.2, 0.25) is 5.89 Å². The van der Waals surface area contributed by atoms with E-state index in [1.54, 1.807) is 11.8 Å². The van der Waals surface area contributed by atoms with Crippen LogP contribution in [0.5, 0.6) is 0 Å². The van der Waals surface area contributed by atoms with Gasteiger partial charge in [-0.15, -0.1) is 0 Å². The van der Waals surface area contributed by atoms with Crippen LogP contribution in [-0.2, 0) is 17.8 Å². The molecule has 0 bridgehead atoms. The van der Waals surface area contributed by atoms with Crippen molar-refractivity contribution in [1.82, 2.24) is 15.0 Å². The Kier molecular flexibility index (Phi) is 5.21. The van der Waals surface area contributed by atoms with E-state index in [0.717, 1.165) is 37.4 Å². The molecular formula is C12H19N3O3S. The highest BCUT2D eigenvalue weighted by Crippen LogP contribution is 2.18. The molecule has 1 aromatic heterocycles. The second-order valence-corrected chi connectivity index (χ2v) is 5.76. The van der Waals surface area contributed by atoms with Gasteiger partial charge in [-0.2, -0.15) is 16.7 Å². The molecule has 2 heterocycles. The number of hydrogen-bond donors (Lipinski definition) is 1. The summed E-state index contributed by atoms with van der Waals surface area (Å²) < 4.78 is 5.19. The summed E-state index contributed by atoms with van der Waals surface area (Å²) in [7, 11) is 0. The predicted molar refractivity (Wildman–Crippen MR) is 72.1 cm³/mol. The molecule has 2 rings (SSSR count). The number of nitrogens with zero attached hydrogens (tertiary/aromatic N) is 3. The van der Waals surface area contributed by atoms with Crippen molar-refractivity contribution in [2.24, 2.45) is 0 Å². The molecule has 1 atom stereocenters. The van der Waals surface area contributed by atoms with Crippen molar-refractivity contribution in [3.05, 3.63) is 11.7 Å². The summed E-state index contributed by atoms with van der Waals surface area (Å²) in [5.41, 5.74) is 0. The molecule has 6 nitrogen and oxygen atoms in total. The van der Waals surface area contributed by atoms with Crippen LogP contribution in [0, 0.1) is 0 Å². The minimum atomic E-state index is -0.780. The maximum Gasteiger partial charge on any atom is 0.321 e.